The second kappa shape index (κ2) is 4.23. The van der Waals surface area contributed by atoms with E-state index in [1.165, 1.54) is 0 Å². The third kappa shape index (κ3) is 2.42. The molecule has 0 atom stereocenters. The molecule has 0 aliphatic carbocycles. The van der Waals surface area contributed by atoms with E-state index in [0.717, 1.165) is 12.2 Å². The maximum Gasteiger partial charge on any atom is 0.0812 e. The maximum absolute atomic E-state index is 11.9. The predicted molar refractivity (Wildman–Crippen MR) is 47.6 cm³/mol. The molecule has 0 saturated carbocycles. The highest BCUT2D eigenvalue weighted by atomic mass is 32.2. The Labute approximate surface area is 70.3 Å². The van der Waals surface area contributed by atoms with Crippen LogP contribution in [-0.2, 0) is 0 Å². The molecule has 0 amide bonds. The molecule has 0 spiro atoms. The van der Waals surface area contributed by atoms with Crippen LogP contribution in [0.15, 0.2) is 29.2 Å². The van der Waals surface area contributed by atoms with Crippen molar-refractivity contribution in [3.05, 3.63) is 24.3 Å². The highest BCUT2D eigenvalue weighted by molar-refractivity contribution is 7.94. The molecule has 1 aromatic rings. The van der Waals surface area contributed by atoms with Crippen molar-refractivity contribution in [1.82, 2.24) is 0 Å². The summed E-state index contributed by atoms with van der Waals surface area (Å²) in [7, 11) is 0. The van der Waals surface area contributed by atoms with Gasteiger partial charge in [-0.15, -0.1) is 0 Å². The van der Waals surface area contributed by atoms with Gasteiger partial charge in [-0.2, -0.15) is 3.89 Å². The summed E-state index contributed by atoms with van der Waals surface area (Å²) in [5.74, 6) is 0. The molecule has 1 N–H and O–H groups in total. The Balaban J connectivity index is 2.66. The number of rotatable bonds is 3. The first-order chi connectivity index (χ1) is 5.36. The van der Waals surface area contributed by atoms with E-state index in [-0.39, 0.29) is 12.1 Å². The summed E-state index contributed by atoms with van der Waals surface area (Å²) in [6.45, 7) is 2.92. The molecule has 11 heavy (non-hydrogen) atoms. The monoisotopic (exact) mass is 171 g/mol. The minimum absolute atomic E-state index is 0.268. The summed E-state index contributed by atoms with van der Waals surface area (Å²) in [6, 6.07) is 7.24. The van der Waals surface area contributed by atoms with Crippen LogP contribution in [0.25, 0.3) is 0 Å². The first-order valence-corrected chi connectivity index (χ1v) is 4.21. The molecule has 0 heterocycles. The van der Waals surface area contributed by atoms with Crippen LogP contribution in [0.2, 0.25) is 0 Å². The lowest BCUT2D eigenvalue weighted by molar-refractivity contribution is 0.934. The minimum Gasteiger partial charge on any atom is -0.385 e. The molecule has 0 aromatic heterocycles. The molecule has 1 nitrogen and oxygen atoms in total. The van der Waals surface area contributed by atoms with Gasteiger partial charge in [-0.3, -0.25) is 0 Å². The van der Waals surface area contributed by atoms with Crippen molar-refractivity contribution < 1.29 is 3.89 Å². The van der Waals surface area contributed by atoms with E-state index in [2.05, 4.69) is 5.32 Å². The van der Waals surface area contributed by atoms with E-state index in [4.69, 9.17) is 0 Å². The van der Waals surface area contributed by atoms with Crippen molar-refractivity contribution in [3.8, 4) is 0 Å². The Kier molecular flexibility index (Phi) is 3.23. The fourth-order valence-electron chi connectivity index (χ4n) is 0.828. The van der Waals surface area contributed by atoms with Crippen LogP contribution in [0.5, 0.6) is 0 Å². The average Bonchev–Trinajstić information content (AvgIpc) is 2.07. The number of halogens is 1. The lowest BCUT2D eigenvalue weighted by atomic mass is 10.3. The molecule has 0 bridgehead atoms. The van der Waals surface area contributed by atoms with Gasteiger partial charge in [0.25, 0.3) is 0 Å². The van der Waals surface area contributed by atoms with Gasteiger partial charge in [-0.1, -0.05) is 0 Å². The van der Waals surface area contributed by atoms with Crippen LogP contribution in [0.3, 0.4) is 0 Å². The van der Waals surface area contributed by atoms with Crippen molar-refractivity contribution in [2.24, 2.45) is 0 Å². The highest BCUT2D eigenvalue weighted by Gasteiger charge is 1.92. The van der Waals surface area contributed by atoms with E-state index >= 15 is 0 Å². The Morgan fingerprint density at radius 3 is 2.45 bits per heavy atom. The largest absolute Gasteiger partial charge is 0.385 e. The Morgan fingerprint density at radius 2 is 2.00 bits per heavy atom. The molecule has 0 fully saturated rings. The van der Waals surface area contributed by atoms with Crippen LogP contribution >= 0.6 is 12.1 Å². The lowest BCUT2D eigenvalue weighted by Gasteiger charge is -2.01. The van der Waals surface area contributed by atoms with Crippen LogP contribution in [0, 0.1) is 0 Å². The van der Waals surface area contributed by atoms with Gasteiger partial charge in [0.2, 0.25) is 0 Å². The summed E-state index contributed by atoms with van der Waals surface area (Å²) in [5.41, 5.74) is 1.03. The Bertz CT molecular complexity index is 210. The predicted octanol–water partition coefficient (Wildman–Crippen LogP) is 3.10. The summed E-state index contributed by atoms with van der Waals surface area (Å²) in [4.78, 5) is 0.645. The van der Waals surface area contributed by atoms with Gasteiger partial charge in [0.1, 0.15) is 0 Å². The summed E-state index contributed by atoms with van der Waals surface area (Å²) >= 11 is 0.268. The molecule has 60 valence electrons. The van der Waals surface area contributed by atoms with Gasteiger partial charge >= 0.3 is 0 Å². The topological polar surface area (TPSA) is 12.0 Å². The summed E-state index contributed by atoms with van der Waals surface area (Å²) in [6.07, 6.45) is 0. The van der Waals surface area contributed by atoms with Gasteiger partial charge in [0.05, 0.1) is 12.1 Å². The lowest BCUT2D eigenvalue weighted by Crippen LogP contribution is -1.95. The van der Waals surface area contributed by atoms with E-state index in [9.17, 15) is 3.89 Å². The summed E-state index contributed by atoms with van der Waals surface area (Å²) < 4.78 is 11.9. The summed E-state index contributed by atoms with van der Waals surface area (Å²) in [5, 5.41) is 3.13. The first kappa shape index (κ1) is 8.40. The van der Waals surface area contributed by atoms with Crippen molar-refractivity contribution in [2.75, 3.05) is 11.9 Å². The quantitative estimate of drug-likeness (QED) is 0.750. The number of hydrogen-bond donors (Lipinski definition) is 1. The van der Waals surface area contributed by atoms with Crippen LogP contribution in [0.1, 0.15) is 6.92 Å². The SMILES string of the molecule is CCNc1ccc(SF)cc1. The second-order valence-electron chi connectivity index (χ2n) is 2.13. The van der Waals surface area contributed by atoms with Crippen molar-refractivity contribution in [2.45, 2.75) is 11.8 Å². The molecule has 1 rings (SSSR count). The molecule has 0 radical (unpaired) electrons. The van der Waals surface area contributed by atoms with Crippen LogP contribution in [0.4, 0.5) is 9.57 Å². The van der Waals surface area contributed by atoms with E-state index in [1.807, 2.05) is 19.1 Å². The zero-order chi connectivity index (χ0) is 8.10. The maximum atomic E-state index is 11.9. The van der Waals surface area contributed by atoms with Crippen molar-refractivity contribution >= 4 is 17.8 Å². The molecule has 0 saturated heterocycles. The highest BCUT2D eigenvalue weighted by Crippen LogP contribution is 2.20. The normalized spacial score (nSPS) is 9.64. The fourth-order valence-corrected chi connectivity index (χ4v) is 1.07. The smallest absolute Gasteiger partial charge is 0.0812 e. The van der Waals surface area contributed by atoms with Crippen LogP contribution < -0.4 is 5.32 Å². The molecular weight excluding hydrogens is 161 g/mol. The zero-order valence-electron chi connectivity index (χ0n) is 6.30. The van der Waals surface area contributed by atoms with Gasteiger partial charge < -0.3 is 5.32 Å². The standard InChI is InChI=1S/C8H10FNS/c1-2-10-7-3-5-8(11-9)6-4-7/h3-6,10H,2H2,1H3. The van der Waals surface area contributed by atoms with Gasteiger partial charge in [-0.05, 0) is 31.2 Å². The Hall–Kier alpha value is -0.700. The van der Waals surface area contributed by atoms with Crippen LogP contribution in [-0.4, -0.2) is 6.54 Å². The third-order valence-corrected chi connectivity index (χ3v) is 1.77. The van der Waals surface area contributed by atoms with E-state index in [1.54, 1.807) is 12.1 Å². The number of benzene rings is 1. The molecule has 3 heteroatoms. The molecule has 1 aromatic carbocycles. The van der Waals surface area contributed by atoms with E-state index in [0.29, 0.717) is 4.90 Å². The molecule has 0 unspecified atom stereocenters. The molecule has 0 aliphatic heterocycles. The van der Waals surface area contributed by atoms with Crippen molar-refractivity contribution in [3.63, 3.8) is 0 Å². The molecule has 0 aliphatic rings. The van der Waals surface area contributed by atoms with Gasteiger partial charge in [0.15, 0.2) is 0 Å². The number of nitrogens with one attached hydrogen (secondary N) is 1. The molecular formula is C8H10FNS. The minimum atomic E-state index is 0.268. The second-order valence-corrected chi connectivity index (χ2v) is 2.76. The van der Waals surface area contributed by atoms with E-state index < -0.39 is 0 Å². The third-order valence-electron chi connectivity index (χ3n) is 1.32. The Morgan fingerprint density at radius 1 is 1.36 bits per heavy atom. The first-order valence-electron chi connectivity index (χ1n) is 3.49. The number of anilines is 1. The van der Waals surface area contributed by atoms with Crippen molar-refractivity contribution in [1.29, 1.82) is 0 Å². The fraction of sp³-hybridized carbons (Fsp3) is 0.250. The van der Waals surface area contributed by atoms with Gasteiger partial charge in [0, 0.05) is 17.1 Å². The van der Waals surface area contributed by atoms with Gasteiger partial charge in [-0.25, -0.2) is 0 Å². The zero-order valence-corrected chi connectivity index (χ0v) is 7.12. The number of hydrogen-bond acceptors (Lipinski definition) is 2. The average molecular weight is 171 g/mol.